The maximum Gasteiger partial charge on any atom is 0.332 e. The standard InChI is InChI=1S/C12H12F4O2/c1-11(2,10(17)18)7-5-3-4-6-8(7)12(15,16)9(13)14/h3-6,9H,1-2H3,(H,17,18). The van der Waals surface area contributed by atoms with E-state index in [9.17, 15) is 22.4 Å². The van der Waals surface area contributed by atoms with Crippen molar-refractivity contribution in [3.8, 4) is 0 Å². The number of benzene rings is 1. The molecule has 0 aliphatic carbocycles. The molecule has 0 radical (unpaired) electrons. The topological polar surface area (TPSA) is 37.3 Å². The summed E-state index contributed by atoms with van der Waals surface area (Å²) in [7, 11) is 0. The predicted molar refractivity (Wildman–Crippen MR) is 57.0 cm³/mol. The molecule has 18 heavy (non-hydrogen) atoms. The van der Waals surface area contributed by atoms with Crippen LogP contribution in [-0.2, 0) is 16.1 Å². The Balaban J connectivity index is 3.45. The van der Waals surface area contributed by atoms with Crippen LogP contribution in [0.2, 0.25) is 0 Å². The zero-order valence-electron chi connectivity index (χ0n) is 9.75. The number of aliphatic carboxylic acids is 1. The van der Waals surface area contributed by atoms with Crippen LogP contribution in [0.4, 0.5) is 17.6 Å². The number of hydrogen-bond acceptors (Lipinski definition) is 1. The molecular weight excluding hydrogens is 252 g/mol. The van der Waals surface area contributed by atoms with E-state index in [-0.39, 0.29) is 5.56 Å². The molecule has 0 heterocycles. The van der Waals surface area contributed by atoms with Crippen molar-refractivity contribution in [3.05, 3.63) is 35.4 Å². The molecule has 0 amide bonds. The van der Waals surface area contributed by atoms with Crippen LogP contribution in [0.3, 0.4) is 0 Å². The van der Waals surface area contributed by atoms with E-state index in [2.05, 4.69) is 0 Å². The van der Waals surface area contributed by atoms with E-state index in [1.807, 2.05) is 0 Å². The molecule has 1 rings (SSSR count). The Morgan fingerprint density at radius 3 is 2.00 bits per heavy atom. The van der Waals surface area contributed by atoms with Gasteiger partial charge in [0.2, 0.25) is 0 Å². The van der Waals surface area contributed by atoms with E-state index >= 15 is 0 Å². The summed E-state index contributed by atoms with van der Waals surface area (Å²) in [5.41, 5.74) is -2.94. The average Bonchev–Trinajstić information content (AvgIpc) is 2.28. The van der Waals surface area contributed by atoms with E-state index in [0.717, 1.165) is 12.1 Å². The first-order valence-corrected chi connectivity index (χ1v) is 5.11. The van der Waals surface area contributed by atoms with Crippen molar-refractivity contribution in [2.75, 3.05) is 0 Å². The number of rotatable bonds is 4. The molecule has 0 spiro atoms. The zero-order chi connectivity index (χ0) is 14.1. The number of carbonyl (C=O) groups is 1. The van der Waals surface area contributed by atoms with Crippen LogP contribution in [0.25, 0.3) is 0 Å². The lowest BCUT2D eigenvalue weighted by Gasteiger charge is -2.26. The van der Waals surface area contributed by atoms with Crippen LogP contribution >= 0.6 is 0 Å². The molecule has 0 aliphatic rings. The molecule has 1 aromatic rings. The van der Waals surface area contributed by atoms with Gasteiger partial charge in [-0.1, -0.05) is 24.3 Å². The van der Waals surface area contributed by atoms with Gasteiger partial charge < -0.3 is 5.11 Å². The van der Waals surface area contributed by atoms with Crippen LogP contribution in [0.5, 0.6) is 0 Å². The van der Waals surface area contributed by atoms with Crippen LogP contribution in [0, 0.1) is 0 Å². The molecule has 6 heteroatoms. The first-order valence-electron chi connectivity index (χ1n) is 5.11. The lowest BCUT2D eigenvalue weighted by molar-refractivity contribution is -0.144. The van der Waals surface area contributed by atoms with E-state index < -0.39 is 29.3 Å². The molecule has 0 aromatic heterocycles. The third kappa shape index (κ3) is 2.32. The third-order valence-electron chi connectivity index (χ3n) is 2.77. The highest BCUT2D eigenvalue weighted by atomic mass is 19.3. The number of carboxylic acid groups (broad SMARTS) is 1. The van der Waals surface area contributed by atoms with Gasteiger partial charge in [-0.05, 0) is 19.4 Å². The van der Waals surface area contributed by atoms with Gasteiger partial charge in [-0.25, -0.2) is 8.78 Å². The molecule has 1 aromatic carbocycles. The van der Waals surface area contributed by atoms with Gasteiger partial charge in [0.05, 0.1) is 5.41 Å². The van der Waals surface area contributed by atoms with Crippen molar-refractivity contribution in [2.24, 2.45) is 0 Å². The van der Waals surface area contributed by atoms with Gasteiger partial charge in [0.1, 0.15) is 0 Å². The molecule has 100 valence electrons. The average molecular weight is 264 g/mol. The molecule has 0 saturated carbocycles. The second-order valence-corrected chi connectivity index (χ2v) is 4.40. The fourth-order valence-corrected chi connectivity index (χ4v) is 1.55. The van der Waals surface area contributed by atoms with Gasteiger partial charge in [-0.3, -0.25) is 4.79 Å². The first kappa shape index (κ1) is 14.5. The van der Waals surface area contributed by atoms with E-state index in [1.165, 1.54) is 26.0 Å². The monoisotopic (exact) mass is 264 g/mol. The minimum atomic E-state index is -4.37. The molecular formula is C12H12F4O2. The highest BCUT2D eigenvalue weighted by Gasteiger charge is 2.47. The minimum Gasteiger partial charge on any atom is -0.481 e. The highest BCUT2D eigenvalue weighted by molar-refractivity contribution is 5.81. The van der Waals surface area contributed by atoms with E-state index in [4.69, 9.17) is 5.11 Å². The molecule has 1 N–H and O–H groups in total. The number of alkyl halides is 4. The van der Waals surface area contributed by atoms with Crippen molar-refractivity contribution in [3.63, 3.8) is 0 Å². The smallest absolute Gasteiger partial charge is 0.332 e. The summed E-state index contributed by atoms with van der Waals surface area (Å²) in [6, 6.07) is 4.46. The Morgan fingerprint density at radius 1 is 1.17 bits per heavy atom. The fraction of sp³-hybridized carbons (Fsp3) is 0.417. The largest absolute Gasteiger partial charge is 0.481 e. The summed E-state index contributed by atoms with van der Waals surface area (Å²) in [5, 5.41) is 8.99. The molecule has 0 aliphatic heterocycles. The Labute approximate surface area is 101 Å². The zero-order valence-corrected chi connectivity index (χ0v) is 9.75. The van der Waals surface area contributed by atoms with Gasteiger partial charge in [0.15, 0.2) is 0 Å². The van der Waals surface area contributed by atoms with Crippen LogP contribution in [0.15, 0.2) is 24.3 Å². The molecule has 0 saturated heterocycles. The summed E-state index contributed by atoms with van der Waals surface area (Å²) in [6.07, 6.45) is -3.89. The SMILES string of the molecule is CC(C)(C(=O)O)c1ccccc1C(F)(F)C(F)F. The summed E-state index contributed by atoms with van der Waals surface area (Å²) < 4.78 is 51.5. The third-order valence-corrected chi connectivity index (χ3v) is 2.77. The summed E-state index contributed by atoms with van der Waals surface area (Å²) >= 11 is 0. The van der Waals surface area contributed by atoms with Gasteiger partial charge in [-0.2, -0.15) is 8.78 Å². The van der Waals surface area contributed by atoms with Gasteiger partial charge in [0, 0.05) is 5.56 Å². The Morgan fingerprint density at radius 2 is 1.61 bits per heavy atom. The van der Waals surface area contributed by atoms with Crippen molar-refractivity contribution in [1.29, 1.82) is 0 Å². The Kier molecular flexibility index (Phi) is 3.69. The Hall–Kier alpha value is -1.59. The Bertz CT molecular complexity index is 455. The lowest BCUT2D eigenvalue weighted by atomic mass is 9.80. The van der Waals surface area contributed by atoms with E-state index in [1.54, 1.807) is 0 Å². The summed E-state index contributed by atoms with van der Waals surface area (Å²) in [6.45, 7) is 2.38. The number of carboxylic acids is 1. The van der Waals surface area contributed by atoms with E-state index in [0.29, 0.717) is 0 Å². The fourth-order valence-electron chi connectivity index (χ4n) is 1.55. The maximum absolute atomic E-state index is 13.4. The maximum atomic E-state index is 13.4. The van der Waals surface area contributed by atoms with Crippen molar-refractivity contribution >= 4 is 5.97 Å². The second-order valence-electron chi connectivity index (χ2n) is 4.40. The van der Waals surface area contributed by atoms with Crippen LogP contribution < -0.4 is 0 Å². The molecule has 2 nitrogen and oxygen atoms in total. The number of halogens is 4. The molecule has 0 fully saturated rings. The minimum absolute atomic E-state index is 0.317. The molecule has 0 bridgehead atoms. The second kappa shape index (κ2) is 4.59. The highest BCUT2D eigenvalue weighted by Crippen LogP contribution is 2.40. The predicted octanol–water partition coefficient (Wildman–Crippen LogP) is 3.41. The number of hydrogen-bond donors (Lipinski definition) is 1. The normalized spacial score (nSPS) is 12.8. The first-order chi connectivity index (χ1) is 8.11. The van der Waals surface area contributed by atoms with Gasteiger partial charge in [-0.15, -0.1) is 0 Å². The summed E-state index contributed by atoms with van der Waals surface area (Å²) in [4.78, 5) is 11.0. The van der Waals surface area contributed by atoms with Gasteiger partial charge in [0.25, 0.3) is 0 Å². The van der Waals surface area contributed by atoms with Gasteiger partial charge >= 0.3 is 18.3 Å². The lowest BCUT2D eigenvalue weighted by Crippen LogP contribution is -2.34. The van der Waals surface area contributed by atoms with Crippen molar-refractivity contribution in [2.45, 2.75) is 31.6 Å². The summed E-state index contributed by atoms with van der Waals surface area (Å²) in [5.74, 6) is -5.73. The van der Waals surface area contributed by atoms with Crippen molar-refractivity contribution < 1.29 is 27.5 Å². The van der Waals surface area contributed by atoms with Crippen molar-refractivity contribution in [1.82, 2.24) is 0 Å². The quantitative estimate of drug-likeness (QED) is 0.846. The molecule has 0 unspecified atom stereocenters. The van der Waals surface area contributed by atoms with Crippen LogP contribution in [-0.4, -0.2) is 17.5 Å². The van der Waals surface area contributed by atoms with Crippen LogP contribution in [0.1, 0.15) is 25.0 Å². The molecule has 0 atom stereocenters.